The quantitative estimate of drug-likeness (QED) is 0.161. The van der Waals surface area contributed by atoms with Gasteiger partial charge < -0.3 is 4.74 Å². The summed E-state index contributed by atoms with van der Waals surface area (Å²) in [5, 5.41) is 2.34. The van der Waals surface area contributed by atoms with Crippen molar-refractivity contribution < 1.29 is 27.9 Å². The van der Waals surface area contributed by atoms with Gasteiger partial charge in [0.05, 0.1) is 61.2 Å². The first-order valence-corrected chi connectivity index (χ1v) is 20.4. The highest BCUT2D eigenvalue weighted by Crippen LogP contribution is 2.49. The molecule has 2 saturated carbocycles. The van der Waals surface area contributed by atoms with Gasteiger partial charge in [-0.1, -0.05) is 48.5 Å². The van der Waals surface area contributed by atoms with Gasteiger partial charge in [-0.3, -0.25) is 9.59 Å². The maximum Gasteiger partial charge on any atom is 0.419 e. The van der Waals surface area contributed by atoms with Crippen LogP contribution in [0.15, 0.2) is 77.8 Å². The topological polar surface area (TPSA) is 129 Å². The predicted molar refractivity (Wildman–Crippen MR) is 213 cm³/mol. The zero-order chi connectivity index (χ0) is 37.1. The van der Waals surface area contributed by atoms with Crippen LogP contribution in [0.2, 0.25) is 0 Å². The summed E-state index contributed by atoms with van der Waals surface area (Å²) >= 11 is 5.18. The fraction of sp³-hybridized carbons (Fsp3) is 0.179. The van der Waals surface area contributed by atoms with Gasteiger partial charge in [0, 0.05) is 43.6 Å². The normalized spacial score (nSPS) is 21.0. The van der Waals surface area contributed by atoms with Gasteiger partial charge in [0.1, 0.15) is 41.0 Å². The van der Waals surface area contributed by atoms with Crippen molar-refractivity contribution in [2.75, 3.05) is 0 Å². The Balaban J connectivity index is 1.08. The number of hydrogen-bond donors (Lipinski definition) is 0. The number of halogens is 2. The summed E-state index contributed by atoms with van der Waals surface area (Å²) in [5.74, 6) is -3.92. The lowest BCUT2D eigenvalue weighted by atomic mass is 9.78. The number of thiophene rings is 2. The molecule has 5 heterocycles. The molecule has 2 aliphatic carbocycles. The Labute approximate surface area is 324 Å². The second-order valence-corrected chi connectivity index (χ2v) is 16.9. The summed E-state index contributed by atoms with van der Waals surface area (Å²) in [7, 11) is 0. The minimum atomic E-state index is -1.74. The monoisotopic (exact) mass is 804 g/mol. The summed E-state index contributed by atoms with van der Waals surface area (Å²) in [5.41, 5.74) is 5.40. The second kappa shape index (κ2) is 12.3. The number of aliphatic imine (C=N–C) groups is 1. The first-order chi connectivity index (χ1) is 26.8. The Bertz CT molecular complexity index is 3150. The number of rotatable bonds is 4. The number of carbonyl (C=O) groups is 3. The van der Waals surface area contributed by atoms with Crippen molar-refractivity contribution in [2.24, 2.45) is 16.8 Å². The molecule has 0 amide bonds. The molecule has 4 atom stereocenters. The Hall–Kier alpha value is -5.42. The van der Waals surface area contributed by atoms with Crippen molar-refractivity contribution in [1.82, 2.24) is 22.1 Å². The van der Waals surface area contributed by atoms with Crippen LogP contribution < -0.4 is 0 Å². The number of ether oxygens (including phenoxy) is 1. The fourth-order valence-electron chi connectivity index (χ4n) is 8.16. The molecule has 0 N–H and O–H groups in total. The van der Waals surface area contributed by atoms with Crippen LogP contribution in [0.4, 0.5) is 19.3 Å². The third-order valence-electron chi connectivity index (χ3n) is 10.6. The van der Waals surface area contributed by atoms with Crippen molar-refractivity contribution in [3.8, 4) is 10.4 Å². The van der Waals surface area contributed by atoms with E-state index in [2.05, 4.69) is 18.1 Å². The predicted octanol–water partition coefficient (Wildman–Crippen LogP) is 10.0. The lowest BCUT2D eigenvalue weighted by Gasteiger charge is -2.29. The summed E-state index contributed by atoms with van der Waals surface area (Å²) < 4.78 is 58.4. The third kappa shape index (κ3) is 4.91. The standard InChI is InChI=1S/C39H22F2N6O4S4/c40-17-10-22-28(23(41)11-17)35(48)36(49)32(22)42-24-13-20-19(30-33(24)46-55-44-30)12-21(31-29(20)43-54-45-31)27-14-25-37(53-27)38-34(18-8-4-5-9-26(18)52-38)47(25)39(50)51-15-16-6-2-1-3-7-16/h1-9,12-14,17,22-23,28H,10-11,15H2. The molecule has 4 unspecified atom stereocenters. The molecule has 55 heavy (non-hydrogen) atoms. The Morgan fingerprint density at radius 3 is 2.38 bits per heavy atom. The van der Waals surface area contributed by atoms with E-state index in [1.54, 1.807) is 33.3 Å². The van der Waals surface area contributed by atoms with Crippen LogP contribution in [-0.2, 0) is 20.9 Å². The molecule has 0 bridgehead atoms. The average molecular weight is 805 g/mol. The van der Waals surface area contributed by atoms with Crippen LogP contribution in [0.25, 0.3) is 73.8 Å². The van der Waals surface area contributed by atoms with E-state index >= 15 is 0 Å². The van der Waals surface area contributed by atoms with Crippen molar-refractivity contribution >= 4 is 139 Å². The molecule has 10 nitrogen and oxygen atoms in total. The van der Waals surface area contributed by atoms with Crippen molar-refractivity contribution in [1.29, 1.82) is 0 Å². The molecule has 4 aromatic carbocycles. The number of ketones is 2. The number of hydrogen-bond acceptors (Lipinski definition) is 13. The Morgan fingerprint density at radius 2 is 1.55 bits per heavy atom. The number of fused-ring (bicyclic) bond motifs is 11. The lowest BCUT2D eigenvalue weighted by Crippen LogP contribution is -2.36. The number of Topliss-reactive ketones (excluding diaryl/α,β-unsaturated/α-hetero) is 2. The summed E-state index contributed by atoms with van der Waals surface area (Å²) in [6.45, 7) is 0.124. The van der Waals surface area contributed by atoms with Crippen molar-refractivity contribution in [3.63, 3.8) is 0 Å². The molecule has 0 radical (unpaired) electrons. The Morgan fingerprint density at radius 1 is 0.818 bits per heavy atom. The molecule has 270 valence electrons. The van der Waals surface area contributed by atoms with Gasteiger partial charge >= 0.3 is 6.09 Å². The molecule has 16 heteroatoms. The number of nitrogens with zero attached hydrogens (tertiary/aromatic N) is 6. The number of alkyl halides is 2. The van der Waals surface area contributed by atoms with Crippen LogP contribution in [0.3, 0.4) is 0 Å². The smallest absolute Gasteiger partial charge is 0.419 e. The zero-order valence-corrected chi connectivity index (χ0v) is 31.3. The van der Waals surface area contributed by atoms with E-state index in [0.29, 0.717) is 27.5 Å². The van der Waals surface area contributed by atoms with Gasteiger partial charge in [-0.25, -0.2) is 23.1 Å². The van der Waals surface area contributed by atoms with Gasteiger partial charge in [-0.15, -0.1) is 22.7 Å². The zero-order valence-electron chi connectivity index (χ0n) is 28.1. The van der Waals surface area contributed by atoms with Crippen molar-refractivity contribution in [2.45, 2.75) is 31.8 Å². The van der Waals surface area contributed by atoms with Gasteiger partial charge in [0.15, 0.2) is 0 Å². The molecule has 2 fully saturated rings. The van der Waals surface area contributed by atoms with Crippen LogP contribution in [0.5, 0.6) is 0 Å². The number of benzene rings is 4. The van der Waals surface area contributed by atoms with Gasteiger partial charge in [0.2, 0.25) is 11.6 Å². The molecule has 9 aromatic rings. The highest BCUT2D eigenvalue weighted by atomic mass is 32.1. The van der Waals surface area contributed by atoms with E-state index in [1.807, 2.05) is 66.7 Å². The highest BCUT2D eigenvalue weighted by molar-refractivity contribution is 7.32. The second-order valence-electron chi connectivity index (χ2n) is 13.7. The molecular formula is C39H22F2N6O4S4. The fourth-order valence-corrected chi connectivity index (χ4v) is 11.8. The minimum Gasteiger partial charge on any atom is -0.444 e. The number of aromatic nitrogens is 5. The Kier molecular flexibility index (Phi) is 7.37. The van der Waals surface area contributed by atoms with Gasteiger partial charge in [-0.2, -0.15) is 17.5 Å². The van der Waals surface area contributed by atoms with Crippen LogP contribution in [0, 0.1) is 11.8 Å². The minimum absolute atomic E-state index is 0.124. The SMILES string of the molecule is O=C1C(=O)C2C(F)CC(F)CC2C1=Nc1cc2c(cc(-c3cc4c(s3)c3sc5ccccc5c3n4C(=O)OCc3ccccc3)c3nsnc32)c2nsnc12. The average Bonchev–Trinajstić information content (AvgIpc) is 4.04. The lowest BCUT2D eigenvalue weighted by molar-refractivity contribution is -0.136. The molecular weight excluding hydrogens is 783 g/mol. The van der Waals surface area contributed by atoms with E-state index in [0.717, 1.165) is 75.4 Å². The largest absolute Gasteiger partial charge is 0.444 e. The molecule has 2 aliphatic rings. The first-order valence-electron chi connectivity index (χ1n) is 17.3. The van der Waals surface area contributed by atoms with E-state index in [9.17, 15) is 23.2 Å². The maximum absolute atomic E-state index is 14.9. The van der Waals surface area contributed by atoms with E-state index in [-0.39, 0.29) is 24.4 Å². The van der Waals surface area contributed by atoms with E-state index in [1.165, 1.54) is 0 Å². The van der Waals surface area contributed by atoms with Gasteiger partial charge in [0.25, 0.3) is 0 Å². The van der Waals surface area contributed by atoms with E-state index < -0.39 is 48.3 Å². The maximum atomic E-state index is 14.9. The first kappa shape index (κ1) is 33.0. The molecule has 0 aliphatic heterocycles. The third-order valence-corrected chi connectivity index (χ3v) is 14.2. The van der Waals surface area contributed by atoms with Crippen LogP contribution in [0.1, 0.15) is 18.4 Å². The van der Waals surface area contributed by atoms with Gasteiger partial charge in [-0.05, 0) is 36.2 Å². The number of carbonyl (C=O) groups excluding carboxylic acids is 3. The summed E-state index contributed by atoms with van der Waals surface area (Å²) in [6, 6.07) is 23.3. The van der Waals surface area contributed by atoms with Crippen molar-refractivity contribution in [3.05, 3.63) is 78.4 Å². The highest BCUT2D eigenvalue weighted by Gasteiger charge is 2.54. The van der Waals surface area contributed by atoms with Crippen LogP contribution >= 0.6 is 46.1 Å². The van der Waals surface area contributed by atoms with E-state index in [4.69, 9.17) is 9.11 Å². The molecule has 0 saturated heterocycles. The summed E-state index contributed by atoms with van der Waals surface area (Å²) in [6.07, 6.45) is -4.26. The van der Waals surface area contributed by atoms with Crippen LogP contribution in [-0.4, -0.2) is 57.8 Å². The molecule has 5 aromatic heterocycles. The molecule has 0 spiro atoms. The molecule has 11 rings (SSSR count). The summed E-state index contributed by atoms with van der Waals surface area (Å²) in [4.78, 5) is 45.5.